The van der Waals surface area contributed by atoms with Gasteiger partial charge in [-0.1, -0.05) is 18.2 Å². The van der Waals surface area contributed by atoms with E-state index in [2.05, 4.69) is 21.9 Å². The number of hydrogen-bond acceptors (Lipinski definition) is 5. The average Bonchev–Trinajstić information content (AvgIpc) is 2.67. The van der Waals surface area contributed by atoms with Crippen LogP contribution < -0.4 is 4.90 Å². The molecule has 144 valence electrons. The molecule has 0 N–H and O–H groups in total. The molecule has 1 amide bonds. The summed E-state index contributed by atoms with van der Waals surface area (Å²) >= 11 is 0. The first-order chi connectivity index (χ1) is 12.5. The van der Waals surface area contributed by atoms with Crippen LogP contribution in [-0.2, 0) is 14.8 Å². The van der Waals surface area contributed by atoms with Gasteiger partial charge >= 0.3 is 0 Å². The lowest BCUT2D eigenvalue weighted by atomic mass is 10.2. The summed E-state index contributed by atoms with van der Waals surface area (Å²) in [6.07, 6.45) is 0.0695. The van der Waals surface area contributed by atoms with Crippen LogP contribution in [0.2, 0.25) is 0 Å². The second-order valence-electron chi connectivity index (χ2n) is 6.97. The minimum Gasteiger partial charge on any atom is -0.368 e. The summed E-state index contributed by atoms with van der Waals surface area (Å²) in [5, 5.41) is 0. The number of hydrogen-bond donors (Lipinski definition) is 0. The Hall–Kier alpha value is -1.64. The molecule has 0 atom stereocenters. The fourth-order valence-corrected chi connectivity index (χ4v) is 4.83. The second kappa shape index (κ2) is 8.37. The van der Waals surface area contributed by atoms with Gasteiger partial charge < -0.3 is 14.7 Å². The van der Waals surface area contributed by atoms with Gasteiger partial charge in [0.25, 0.3) is 0 Å². The molecule has 8 heteroatoms. The fourth-order valence-electron chi connectivity index (χ4n) is 3.42. The molecule has 2 fully saturated rings. The number of nitrogens with zero attached hydrogens (tertiary/aromatic N) is 4. The van der Waals surface area contributed by atoms with Gasteiger partial charge in [0.2, 0.25) is 15.9 Å². The Balaban J connectivity index is 1.46. The molecular weight excluding hydrogens is 352 g/mol. The molecule has 1 aromatic carbocycles. The van der Waals surface area contributed by atoms with Crippen LogP contribution in [0.15, 0.2) is 30.3 Å². The standard InChI is InChI=1S/C18H28N4O3S/c1-19-8-14-22(15-9-19)26(24,25)16-7-18(23)21-12-10-20(11-13-21)17-5-3-2-4-6-17/h2-6H,7-16H2,1H3. The Morgan fingerprint density at radius 2 is 1.54 bits per heavy atom. The Labute approximate surface area is 156 Å². The van der Waals surface area contributed by atoms with E-state index in [9.17, 15) is 13.2 Å². The van der Waals surface area contributed by atoms with Crippen molar-refractivity contribution in [2.24, 2.45) is 0 Å². The molecule has 3 rings (SSSR count). The van der Waals surface area contributed by atoms with Gasteiger partial charge in [-0.15, -0.1) is 0 Å². The Morgan fingerprint density at radius 1 is 0.923 bits per heavy atom. The summed E-state index contributed by atoms with van der Waals surface area (Å²) in [7, 11) is -1.36. The summed E-state index contributed by atoms with van der Waals surface area (Å²) < 4.78 is 26.4. The molecule has 0 spiro atoms. The molecule has 2 aliphatic rings. The number of rotatable bonds is 5. The first kappa shape index (κ1) is 19.1. The molecule has 2 saturated heterocycles. The van der Waals surface area contributed by atoms with Crippen molar-refractivity contribution in [1.82, 2.24) is 14.1 Å². The van der Waals surface area contributed by atoms with Crippen molar-refractivity contribution in [3.63, 3.8) is 0 Å². The monoisotopic (exact) mass is 380 g/mol. The summed E-state index contributed by atoms with van der Waals surface area (Å²) in [6.45, 7) is 5.36. The van der Waals surface area contributed by atoms with Crippen molar-refractivity contribution >= 4 is 21.6 Å². The van der Waals surface area contributed by atoms with Gasteiger partial charge in [0.15, 0.2) is 0 Å². The number of likely N-dealkylation sites (N-methyl/N-ethyl adjacent to an activating group) is 1. The summed E-state index contributed by atoms with van der Waals surface area (Å²) in [5.41, 5.74) is 1.16. The number of amides is 1. The van der Waals surface area contributed by atoms with E-state index >= 15 is 0 Å². The van der Waals surface area contributed by atoms with Crippen molar-refractivity contribution < 1.29 is 13.2 Å². The molecule has 0 radical (unpaired) electrons. The predicted molar refractivity (Wildman–Crippen MR) is 103 cm³/mol. The minimum atomic E-state index is -3.35. The first-order valence-electron chi connectivity index (χ1n) is 9.20. The van der Waals surface area contributed by atoms with Crippen LogP contribution in [0.25, 0.3) is 0 Å². The van der Waals surface area contributed by atoms with Crippen LogP contribution in [-0.4, -0.2) is 93.6 Å². The Kier molecular flexibility index (Phi) is 6.16. The molecule has 0 unspecified atom stereocenters. The second-order valence-corrected chi connectivity index (χ2v) is 9.06. The minimum absolute atomic E-state index is 0.0598. The van der Waals surface area contributed by atoms with Gasteiger partial charge in [-0.2, -0.15) is 4.31 Å². The highest BCUT2D eigenvalue weighted by atomic mass is 32.2. The molecule has 26 heavy (non-hydrogen) atoms. The average molecular weight is 381 g/mol. The first-order valence-corrected chi connectivity index (χ1v) is 10.8. The molecule has 7 nitrogen and oxygen atoms in total. The third-order valence-electron chi connectivity index (χ3n) is 5.18. The van der Waals surface area contributed by atoms with E-state index in [4.69, 9.17) is 0 Å². The van der Waals surface area contributed by atoms with Crippen molar-refractivity contribution in [2.75, 3.05) is 70.1 Å². The highest BCUT2D eigenvalue weighted by molar-refractivity contribution is 7.89. The molecule has 2 aliphatic heterocycles. The molecule has 2 heterocycles. The zero-order chi connectivity index (χ0) is 18.6. The quantitative estimate of drug-likeness (QED) is 0.735. The van der Waals surface area contributed by atoms with E-state index in [1.165, 1.54) is 4.31 Å². The van der Waals surface area contributed by atoms with E-state index in [1.54, 1.807) is 4.90 Å². The maximum Gasteiger partial charge on any atom is 0.223 e. The van der Waals surface area contributed by atoms with Crippen LogP contribution in [0.3, 0.4) is 0 Å². The third-order valence-corrected chi connectivity index (χ3v) is 7.06. The zero-order valence-electron chi connectivity index (χ0n) is 15.4. The summed E-state index contributed by atoms with van der Waals surface area (Å²) in [4.78, 5) is 18.6. The van der Waals surface area contributed by atoms with E-state index in [-0.39, 0.29) is 18.1 Å². The molecule has 0 aromatic heterocycles. The smallest absolute Gasteiger partial charge is 0.223 e. The SMILES string of the molecule is CN1CCN(S(=O)(=O)CCC(=O)N2CCN(c3ccccc3)CC2)CC1. The maximum atomic E-state index is 12.4. The number of benzene rings is 1. The third kappa shape index (κ3) is 4.75. The van der Waals surface area contributed by atoms with Gasteiger partial charge in [-0.25, -0.2) is 8.42 Å². The normalized spacial score (nSPS) is 20.3. The van der Waals surface area contributed by atoms with Crippen LogP contribution in [0, 0.1) is 0 Å². The summed E-state index contributed by atoms with van der Waals surface area (Å²) in [5.74, 6) is -0.149. The highest BCUT2D eigenvalue weighted by Gasteiger charge is 2.28. The van der Waals surface area contributed by atoms with E-state index < -0.39 is 10.0 Å². The lowest BCUT2D eigenvalue weighted by Crippen LogP contribution is -2.50. The van der Waals surface area contributed by atoms with Gasteiger partial charge in [-0.05, 0) is 19.2 Å². The Morgan fingerprint density at radius 3 is 2.15 bits per heavy atom. The summed E-state index contributed by atoms with van der Waals surface area (Å²) in [6, 6.07) is 10.1. The van der Waals surface area contributed by atoms with E-state index in [0.717, 1.165) is 31.9 Å². The van der Waals surface area contributed by atoms with Crippen LogP contribution in [0.1, 0.15) is 6.42 Å². The molecule has 0 saturated carbocycles. The van der Waals surface area contributed by atoms with Crippen molar-refractivity contribution in [1.29, 1.82) is 0 Å². The van der Waals surface area contributed by atoms with Gasteiger partial charge in [-0.3, -0.25) is 4.79 Å². The maximum absolute atomic E-state index is 12.4. The van der Waals surface area contributed by atoms with Gasteiger partial charge in [0.1, 0.15) is 0 Å². The van der Waals surface area contributed by atoms with E-state index in [1.807, 2.05) is 25.2 Å². The molecule has 0 aliphatic carbocycles. The molecular formula is C18H28N4O3S. The van der Waals surface area contributed by atoms with Crippen molar-refractivity contribution in [3.05, 3.63) is 30.3 Å². The number of carbonyl (C=O) groups is 1. The van der Waals surface area contributed by atoms with Crippen molar-refractivity contribution in [3.8, 4) is 0 Å². The van der Waals surface area contributed by atoms with Crippen LogP contribution >= 0.6 is 0 Å². The van der Waals surface area contributed by atoms with E-state index in [0.29, 0.717) is 26.2 Å². The number of para-hydroxylation sites is 1. The number of carbonyl (C=O) groups excluding carboxylic acids is 1. The number of anilines is 1. The highest BCUT2D eigenvalue weighted by Crippen LogP contribution is 2.16. The Bertz CT molecular complexity index is 694. The van der Waals surface area contributed by atoms with Gasteiger partial charge in [0, 0.05) is 64.5 Å². The predicted octanol–water partition coefficient (Wildman–Crippen LogP) is 0.303. The topological polar surface area (TPSA) is 64.2 Å². The van der Waals surface area contributed by atoms with Crippen LogP contribution in [0.5, 0.6) is 0 Å². The zero-order valence-corrected chi connectivity index (χ0v) is 16.2. The molecule has 0 bridgehead atoms. The van der Waals surface area contributed by atoms with Crippen LogP contribution in [0.4, 0.5) is 5.69 Å². The number of piperazine rings is 2. The fraction of sp³-hybridized carbons (Fsp3) is 0.611. The lowest BCUT2D eigenvalue weighted by Gasteiger charge is -2.36. The number of sulfonamides is 1. The van der Waals surface area contributed by atoms with Crippen molar-refractivity contribution in [2.45, 2.75) is 6.42 Å². The lowest BCUT2D eigenvalue weighted by molar-refractivity contribution is -0.131. The van der Waals surface area contributed by atoms with Gasteiger partial charge in [0.05, 0.1) is 5.75 Å². The largest absolute Gasteiger partial charge is 0.368 e. The molecule has 1 aromatic rings.